The summed E-state index contributed by atoms with van der Waals surface area (Å²) in [5, 5.41) is 3.74. The first kappa shape index (κ1) is 28.1. The Kier molecular flexibility index (Phi) is 9.49. The number of ether oxygens (including phenoxy) is 1. The lowest BCUT2D eigenvalue weighted by Crippen LogP contribution is -2.52. The van der Waals surface area contributed by atoms with E-state index in [-0.39, 0.29) is 35.0 Å². The molecule has 0 heterocycles. The number of methoxy groups -OCH3 is 1. The fourth-order valence-electron chi connectivity index (χ4n) is 4.24. The highest BCUT2D eigenvalue weighted by Crippen LogP contribution is 2.33. The van der Waals surface area contributed by atoms with E-state index in [1.807, 2.05) is 0 Å². The van der Waals surface area contributed by atoms with Gasteiger partial charge in [-0.3, -0.25) is 13.9 Å². The van der Waals surface area contributed by atoms with Gasteiger partial charge in [-0.1, -0.05) is 54.2 Å². The van der Waals surface area contributed by atoms with Crippen molar-refractivity contribution in [1.82, 2.24) is 10.2 Å². The molecule has 0 spiro atoms. The summed E-state index contributed by atoms with van der Waals surface area (Å²) in [6.45, 7) is 1.10. The van der Waals surface area contributed by atoms with Gasteiger partial charge >= 0.3 is 0 Å². The number of amides is 2. The van der Waals surface area contributed by atoms with Crippen LogP contribution in [0, 0.1) is 0 Å². The fourth-order valence-corrected chi connectivity index (χ4v) is 5.44. The van der Waals surface area contributed by atoms with Crippen LogP contribution >= 0.6 is 23.2 Å². The standard InChI is InChI=1S/C25H31Cl2N3O5S/c1-17(25(32)28-20-9-5-6-10-20)29(15-18-8-4-7-11-21(18)27)24(31)16-30(36(3,33)34)22-14-19(26)12-13-23(22)35-2/h4,7-8,11-14,17,20H,5-6,9-10,15-16H2,1-3H3,(H,28,32)/t17-/m1/s1. The highest BCUT2D eigenvalue weighted by atomic mass is 35.5. The van der Waals surface area contributed by atoms with Crippen LogP contribution in [-0.2, 0) is 26.2 Å². The molecule has 0 aromatic heterocycles. The van der Waals surface area contributed by atoms with Crippen LogP contribution in [0.5, 0.6) is 5.75 Å². The first-order chi connectivity index (χ1) is 17.0. The Morgan fingerprint density at radius 3 is 2.42 bits per heavy atom. The van der Waals surface area contributed by atoms with Crippen molar-refractivity contribution in [2.45, 2.75) is 51.2 Å². The van der Waals surface area contributed by atoms with Gasteiger partial charge < -0.3 is 15.0 Å². The van der Waals surface area contributed by atoms with Gasteiger partial charge in [-0.2, -0.15) is 0 Å². The van der Waals surface area contributed by atoms with E-state index < -0.39 is 28.5 Å². The Labute approximate surface area is 222 Å². The second kappa shape index (κ2) is 12.2. The molecule has 0 unspecified atom stereocenters. The summed E-state index contributed by atoms with van der Waals surface area (Å²) in [5.41, 5.74) is 0.765. The van der Waals surface area contributed by atoms with Gasteiger partial charge in [0.25, 0.3) is 0 Å². The fraction of sp³-hybridized carbons (Fsp3) is 0.440. The lowest BCUT2D eigenvalue weighted by atomic mass is 10.1. The van der Waals surface area contributed by atoms with Crippen LogP contribution < -0.4 is 14.4 Å². The average molecular weight is 557 g/mol. The number of hydrogen-bond donors (Lipinski definition) is 1. The number of anilines is 1. The second-order valence-electron chi connectivity index (χ2n) is 8.86. The molecular weight excluding hydrogens is 525 g/mol. The van der Waals surface area contributed by atoms with E-state index in [1.165, 1.54) is 24.1 Å². The molecule has 1 atom stereocenters. The van der Waals surface area contributed by atoms with E-state index >= 15 is 0 Å². The van der Waals surface area contributed by atoms with Crippen molar-refractivity contribution in [2.75, 3.05) is 24.2 Å². The zero-order valence-corrected chi connectivity index (χ0v) is 22.9. The predicted molar refractivity (Wildman–Crippen MR) is 142 cm³/mol. The maximum absolute atomic E-state index is 13.7. The van der Waals surface area contributed by atoms with Crippen molar-refractivity contribution >= 4 is 50.7 Å². The van der Waals surface area contributed by atoms with Crippen molar-refractivity contribution in [1.29, 1.82) is 0 Å². The van der Waals surface area contributed by atoms with Crippen LogP contribution in [0.4, 0.5) is 5.69 Å². The average Bonchev–Trinajstić information content (AvgIpc) is 3.33. The number of nitrogens with zero attached hydrogens (tertiary/aromatic N) is 2. The molecule has 1 fully saturated rings. The van der Waals surface area contributed by atoms with Gasteiger partial charge in [-0.05, 0) is 49.6 Å². The van der Waals surface area contributed by atoms with Crippen molar-refractivity contribution < 1.29 is 22.7 Å². The maximum atomic E-state index is 13.7. The van der Waals surface area contributed by atoms with Crippen LogP contribution in [0.2, 0.25) is 10.0 Å². The number of benzene rings is 2. The number of nitrogens with one attached hydrogen (secondary N) is 1. The summed E-state index contributed by atoms with van der Waals surface area (Å²) in [6, 6.07) is 10.7. The number of carbonyl (C=O) groups excluding carboxylic acids is 2. The molecule has 1 aliphatic rings. The number of carbonyl (C=O) groups is 2. The van der Waals surface area contributed by atoms with Gasteiger partial charge in [0.2, 0.25) is 21.8 Å². The van der Waals surface area contributed by atoms with E-state index in [0.29, 0.717) is 10.6 Å². The van der Waals surface area contributed by atoms with Crippen LogP contribution in [0.1, 0.15) is 38.2 Å². The van der Waals surface area contributed by atoms with Gasteiger partial charge in [0.15, 0.2) is 0 Å². The summed E-state index contributed by atoms with van der Waals surface area (Å²) < 4.78 is 31.8. The number of halogens is 2. The zero-order chi connectivity index (χ0) is 26.5. The first-order valence-corrected chi connectivity index (χ1v) is 14.3. The lowest BCUT2D eigenvalue weighted by Gasteiger charge is -2.32. The summed E-state index contributed by atoms with van der Waals surface area (Å²) in [5.74, 6) is -0.632. The van der Waals surface area contributed by atoms with E-state index in [0.717, 1.165) is 36.2 Å². The summed E-state index contributed by atoms with van der Waals surface area (Å²) in [7, 11) is -2.52. The third-order valence-corrected chi connectivity index (χ3v) is 7.99. The lowest BCUT2D eigenvalue weighted by molar-refractivity contribution is -0.139. The molecule has 36 heavy (non-hydrogen) atoms. The van der Waals surface area contributed by atoms with Crippen molar-refractivity contribution in [3.63, 3.8) is 0 Å². The van der Waals surface area contributed by atoms with Gasteiger partial charge in [-0.15, -0.1) is 0 Å². The highest BCUT2D eigenvalue weighted by molar-refractivity contribution is 7.92. The Hall–Kier alpha value is -2.49. The van der Waals surface area contributed by atoms with Crippen molar-refractivity contribution in [3.05, 3.63) is 58.1 Å². The maximum Gasteiger partial charge on any atom is 0.244 e. The molecule has 8 nitrogen and oxygen atoms in total. The minimum absolute atomic E-state index is 0.0298. The molecule has 2 aromatic carbocycles. The van der Waals surface area contributed by atoms with E-state index in [1.54, 1.807) is 37.3 Å². The molecule has 11 heteroatoms. The van der Waals surface area contributed by atoms with Crippen LogP contribution in [0.25, 0.3) is 0 Å². The second-order valence-corrected chi connectivity index (χ2v) is 11.6. The summed E-state index contributed by atoms with van der Waals surface area (Å²) in [4.78, 5) is 28.1. The summed E-state index contributed by atoms with van der Waals surface area (Å²) in [6.07, 6.45) is 4.88. The van der Waals surface area contributed by atoms with Crippen molar-refractivity contribution in [3.8, 4) is 5.75 Å². The minimum atomic E-state index is -3.92. The monoisotopic (exact) mass is 555 g/mol. The number of sulfonamides is 1. The Balaban J connectivity index is 1.94. The topological polar surface area (TPSA) is 96.0 Å². The van der Waals surface area contributed by atoms with Gasteiger partial charge in [0, 0.05) is 22.6 Å². The quantitative estimate of drug-likeness (QED) is 0.472. The zero-order valence-electron chi connectivity index (χ0n) is 20.5. The van der Waals surface area contributed by atoms with E-state index in [2.05, 4.69) is 5.32 Å². The Morgan fingerprint density at radius 2 is 1.81 bits per heavy atom. The van der Waals surface area contributed by atoms with Crippen LogP contribution in [0.15, 0.2) is 42.5 Å². The normalized spacial score (nSPS) is 14.8. The molecule has 196 valence electrons. The van der Waals surface area contributed by atoms with Gasteiger partial charge in [0.1, 0.15) is 18.3 Å². The highest BCUT2D eigenvalue weighted by Gasteiger charge is 2.32. The predicted octanol–water partition coefficient (Wildman–Crippen LogP) is 4.24. The Morgan fingerprint density at radius 1 is 1.14 bits per heavy atom. The van der Waals surface area contributed by atoms with E-state index in [4.69, 9.17) is 27.9 Å². The third-order valence-electron chi connectivity index (χ3n) is 6.26. The minimum Gasteiger partial charge on any atom is -0.495 e. The van der Waals surface area contributed by atoms with Crippen molar-refractivity contribution in [2.24, 2.45) is 0 Å². The largest absolute Gasteiger partial charge is 0.495 e. The molecule has 0 saturated heterocycles. The van der Waals surface area contributed by atoms with E-state index in [9.17, 15) is 18.0 Å². The molecule has 1 N–H and O–H groups in total. The SMILES string of the molecule is COc1ccc(Cl)cc1N(CC(=O)N(Cc1ccccc1Cl)[C@H](C)C(=O)NC1CCCC1)S(C)(=O)=O. The molecule has 3 rings (SSSR count). The molecule has 2 aromatic rings. The van der Waals surface area contributed by atoms with Gasteiger partial charge in [0.05, 0.1) is 19.1 Å². The van der Waals surface area contributed by atoms with Crippen LogP contribution in [-0.4, -0.2) is 57.1 Å². The molecule has 1 saturated carbocycles. The Bertz CT molecular complexity index is 1200. The molecule has 0 aliphatic heterocycles. The summed E-state index contributed by atoms with van der Waals surface area (Å²) >= 11 is 12.5. The molecule has 0 radical (unpaired) electrons. The third kappa shape index (κ3) is 7.05. The number of rotatable bonds is 10. The molecule has 2 amide bonds. The molecular formula is C25H31Cl2N3O5S. The van der Waals surface area contributed by atoms with Gasteiger partial charge in [-0.25, -0.2) is 8.42 Å². The van der Waals surface area contributed by atoms with Crippen LogP contribution in [0.3, 0.4) is 0 Å². The number of hydrogen-bond acceptors (Lipinski definition) is 5. The first-order valence-electron chi connectivity index (χ1n) is 11.7. The smallest absolute Gasteiger partial charge is 0.244 e. The molecule has 1 aliphatic carbocycles. The molecule has 0 bridgehead atoms.